The zero-order valence-corrected chi connectivity index (χ0v) is 9.62. The van der Waals surface area contributed by atoms with Gasteiger partial charge in [-0.3, -0.25) is 0 Å². The van der Waals surface area contributed by atoms with Crippen molar-refractivity contribution in [2.24, 2.45) is 0 Å². The lowest BCUT2D eigenvalue weighted by molar-refractivity contribution is 0.113. The lowest BCUT2D eigenvalue weighted by Gasteiger charge is -2.02. The number of unbranched alkanes of at least 4 members (excludes halogenated alkanes) is 6. The lowest BCUT2D eigenvalue weighted by atomic mass is 10.1. The van der Waals surface area contributed by atoms with Crippen LogP contribution in [0.3, 0.4) is 0 Å². The van der Waals surface area contributed by atoms with Gasteiger partial charge in [-0.1, -0.05) is 32.1 Å². The highest BCUT2D eigenvalue weighted by molar-refractivity contribution is 4.66. The van der Waals surface area contributed by atoms with E-state index in [2.05, 4.69) is 0 Å². The van der Waals surface area contributed by atoms with Crippen molar-refractivity contribution < 1.29 is 14.6 Å². The van der Waals surface area contributed by atoms with Crippen LogP contribution in [0, 0.1) is 0 Å². The van der Waals surface area contributed by atoms with Gasteiger partial charge in [-0.05, 0) is 12.8 Å². The minimum atomic E-state index is 0.344. The first kappa shape index (κ1) is 12.9. The van der Waals surface area contributed by atoms with E-state index in [1.165, 1.54) is 38.5 Å². The highest BCUT2D eigenvalue weighted by Gasteiger charge is 2.21. The molecule has 1 fully saturated rings. The molecule has 0 radical (unpaired) electrons. The fourth-order valence-electron chi connectivity index (χ4n) is 1.58. The summed E-state index contributed by atoms with van der Waals surface area (Å²) in [7, 11) is 0. The van der Waals surface area contributed by atoms with Crippen molar-refractivity contribution in [3.8, 4) is 0 Å². The molecule has 0 aromatic rings. The minimum Gasteiger partial charge on any atom is -0.396 e. The molecule has 0 spiro atoms. The van der Waals surface area contributed by atoms with E-state index in [1.807, 2.05) is 0 Å². The van der Waals surface area contributed by atoms with Gasteiger partial charge in [0, 0.05) is 13.2 Å². The van der Waals surface area contributed by atoms with Gasteiger partial charge in [0.05, 0.1) is 13.2 Å². The Bertz CT molecular complexity index is 135. The summed E-state index contributed by atoms with van der Waals surface area (Å²) in [4.78, 5) is 0. The molecule has 1 rings (SSSR count). The van der Waals surface area contributed by atoms with E-state index in [0.717, 1.165) is 26.2 Å². The number of hydrogen-bond acceptors (Lipinski definition) is 3. The molecule has 1 saturated heterocycles. The molecule has 15 heavy (non-hydrogen) atoms. The Balaban J connectivity index is 1.62. The Hall–Kier alpha value is -0.120. The SMILES string of the molecule is OCCCCCCCCCOCC1CO1. The van der Waals surface area contributed by atoms with Gasteiger partial charge in [0.15, 0.2) is 0 Å². The highest BCUT2D eigenvalue weighted by atomic mass is 16.6. The summed E-state index contributed by atoms with van der Waals surface area (Å²) >= 11 is 0. The van der Waals surface area contributed by atoms with Crippen LogP contribution in [-0.2, 0) is 9.47 Å². The number of aliphatic hydroxyl groups is 1. The van der Waals surface area contributed by atoms with Crippen LogP contribution in [0.5, 0.6) is 0 Å². The lowest BCUT2D eigenvalue weighted by Crippen LogP contribution is -2.02. The maximum Gasteiger partial charge on any atom is 0.104 e. The van der Waals surface area contributed by atoms with Gasteiger partial charge in [-0.2, -0.15) is 0 Å². The second-order valence-corrected chi connectivity index (χ2v) is 4.23. The molecule has 3 heteroatoms. The Kier molecular flexibility index (Phi) is 7.88. The summed E-state index contributed by atoms with van der Waals surface area (Å²) in [6.45, 7) is 2.91. The monoisotopic (exact) mass is 216 g/mol. The quantitative estimate of drug-likeness (QED) is 0.425. The predicted octanol–water partition coefficient (Wildman–Crippen LogP) is 2.12. The Morgan fingerprint density at radius 1 is 1.00 bits per heavy atom. The smallest absolute Gasteiger partial charge is 0.104 e. The van der Waals surface area contributed by atoms with Gasteiger partial charge in [-0.15, -0.1) is 0 Å². The third kappa shape index (κ3) is 8.85. The predicted molar refractivity (Wildman–Crippen MR) is 60.0 cm³/mol. The second-order valence-electron chi connectivity index (χ2n) is 4.23. The van der Waals surface area contributed by atoms with E-state index in [1.54, 1.807) is 0 Å². The molecule has 90 valence electrons. The zero-order valence-electron chi connectivity index (χ0n) is 9.62. The molecule has 0 bridgehead atoms. The van der Waals surface area contributed by atoms with Crippen molar-refractivity contribution in [3.63, 3.8) is 0 Å². The van der Waals surface area contributed by atoms with Crippen LogP contribution in [-0.4, -0.2) is 37.6 Å². The summed E-state index contributed by atoms with van der Waals surface area (Å²) in [5.41, 5.74) is 0. The molecule has 1 aliphatic rings. The van der Waals surface area contributed by atoms with Crippen molar-refractivity contribution in [1.29, 1.82) is 0 Å². The number of hydrogen-bond donors (Lipinski definition) is 1. The third-order valence-electron chi connectivity index (χ3n) is 2.65. The Labute approximate surface area is 92.8 Å². The molecule has 1 unspecified atom stereocenters. The van der Waals surface area contributed by atoms with E-state index < -0.39 is 0 Å². The fourth-order valence-corrected chi connectivity index (χ4v) is 1.58. The van der Waals surface area contributed by atoms with Crippen molar-refractivity contribution in [2.75, 3.05) is 26.4 Å². The third-order valence-corrected chi connectivity index (χ3v) is 2.65. The molecular formula is C12H24O3. The minimum absolute atomic E-state index is 0.344. The van der Waals surface area contributed by atoms with Crippen LogP contribution in [0.4, 0.5) is 0 Å². The first-order chi connectivity index (χ1) is 7.43. The van der Waals surface area contributed by atoms with E-state index in [9.17, 15) is 0 Å². The van der Waals surface area contributed by atoms with Gasteiger partial charge in [-0.25, -0.2) is 0 Å². The Morgan fingerprint density at radius 2 is 1.60 bits per heavy atom. The summed E-state index contributed by atoms with van der Waals surface area (Å²) < 4.78 is 10.5. The zero-order chi connectivity index (χ0) is 10.8. The van der Waals surface area contributed by atoms with E-state index in [0.29, 0.717) is 12.7 Å². The van der Waals surface area contributed by atoms with Gasteiger partial charge < -0.3 is 14.6 Å². The molecular weight excluding hydrogens is 192 g/mol. The van der Waals surface area contributed by atoms with Crippen molar-refractivity contribution >= 4 is 0 Å². The topological polar surface area (TPSA) is 42.0 Å². The summed E-state index contributed by atoms with van der Waals surface area (Å²) in [5.74, 6) is 0. The van der Waals surface area contributed by atoms with Gasteiger partial charge >= 0.3 is 0 Å². The molecule has 1 N–H and O–H groups in total. The van der Waals surface area contributed by atoms with E-state index >= 15 is 0 Å². The van der Waals surface area contributed by atoms with E-state index in [4.69, 9.17) is 14.6 Å². The molecule has 0 saturated carbocycles. The van der Waals surface area contributed by atoms with Crippen LogP contribution in [0.25, 0.3) is 0 Å². The molecule has 0 aromatic carbocycles. The number of aliphatic hydroxyl groups excluding tert-OH is 1. The molecule has 0 amide bonds. The van der Waals surface area contributed by atoms with Crippen LogP contribution in [0.1, 0.15) is 44.9 Å². The maximum atomic E-state index is 8.59. The first-order valence-electron chi connectivity index (χ1n) is 6.23. The summed E-state index contributed by atoms with van der Waals surface area (Å²) in [5, 5.41) is 8.59. The highest BCUT2D eigenvalue weighted by Crippen LogP contribution is 2.10. The van der Waals surface area contributed by atoms with Crippen LogP contribution in [0.15, 0.2) is 0 Å². The average Bonchev–Trinajstić information content (AvgIpc) is 3.05. The van der Waals surface area contributed by atoms with Crippen molar-refractivity contribution in [1.82, 2.24) is 0 Å². The van der Waals surface area contributed by atoms with Gasteiger partial charge in [0.1, 0.15) is 6.10 Å². The fraction of sp³-hybridized carbons (Fsp3) is 1.00. The standard InChI is InChI=1S/C12H24O3/c13-8-6-4-2-1-3-5-7-9-14-10-12-11-15-12/h12-13H,1-11H2. The number of rotatable bonds is 11. The van der Waals surface area contributed by atoms with E-state index in [-0.39, 0.29) is 0 Å². The van der Waals surface area contributed by atoms with Crippen LogP contribution in [0.2, 0.25) is 0 Å². The first-order valence-corrected chi connectivity index (χ1v) is 6.23. The van der Waals surface area contributed by atoms with Crippen LogP contribution < -0.4 is 0 Å². The number of epoxide rings is 1. The largest absolute Gasteiger partial charge is 0.396 e. The van der Waals surface area contributed by atoms with Crippen LogP contribution >= 0.6 is 0 Å². The summed E-state index contributed by atoms with van der Waals surface area (Å²) in [6.07, 6.45) is 8.84. The average molecular weight is 216 g/mol. The molecule has 0 aliphatic carbocycles. The summed E-state index contributed by atoms with van der Waals surface area (Å²) in [6, 6.07) is 0. The normalized spacial score (nSPS) is 19.4. The second kappa shape index (κ2) is 9.13. The van der Waals surface area contributed by atoms with Gasteiger partial charge in [0.2, 0.25) is 0 Å². The molecule has 3 nitrogen and oxygen atoms in total. The van der Waals surface area contributed by atoms with Crippen molar-refractivity contribution in [2.45, 2.75) is 51.0 Å². The molecule has 1 atom stereocenters. The maximum absolute atomic E-state index is 8.59. The van der Waals surface area contributed by atoms with Crippen molar-refractivity contribution in [3.05, 3.63) is 0 Å². The number of ether oxygens (including phenoxy) is 2. The van der Waals surface area contributed by atoms with Gasteiger partial charge in [0.25, 0.3) is 0 Å². The molecule has 1 aliphatic heterocycles. The molecule has 1 heterocycles. The Morgan fingerprint density at radius 3 is 2.20 bits per heavy atom. The molecule has 0 aromatic heterocycles.